The third-order valence-corrected chi connectivity index (χ3v) is 11.3. The van der Waals surface area contributed by atoms with Crippen molar-refractivity contribution in [3.05, 3.63) is 156 Å². The summed E-state index contributed by atoms with van der Waals surface area (Å²) in [4.78, 5) is 2.40. The molecule has 0 unspecified atom stereocenters. The van der Waals surface area contributed by atoms with Gasteiger partial charge in [0.2, 0.25) is 0 Å². The Morgan fingerprint density at radius 3 is 1.80 bits per heavy atom. The standard InChI is InChI=1S/C47H38BNO2/c1-46(2,3)29-23-24-37-42(25-29)50-40-21-14-22-41-45(40)48(37)38-27-35-34(26-43(38)51-41)44-33-20-13-12-19-32(33)39(28-36(44)47(35,4)5)49(30-15-8-6-9-16-30)31-17-10-7-11-18-31/h6-28H,1-5H3. The molecule has 246 valence electrons. The van der Waals surface area contributed by atoms with Crippen molar-refractivity contribution in [3.63, 3.8) is 0 Å². The average Bonchev–Trinajstić information content (AvgIpc) is 3.36. The summed E-state index contributed by atoms with van der Waals surface area (Å²) in [5.74, 6) is 3.60. The topological polar surface area (TPSA) is 21.7 Å². The Balaban J connectivity index is 1.20. The van der Waals surface area contributed by atoms with Crippen molar-refractivity contribution >= 4 is 50.9 Å². The lowest BCUT2D eigenvalue weighted by molar-refractivity contribution is 0.462. The maximum atomic E-state index is 6.83. The van der Waals surface area contributed by atoms with Gasteiger partial charge in [-0.2, -0.15) is 0 Å². The zero-order chi connectivity index (χ0) is 34.6. The van der Waals surface area contributed by atoms with E-state index in [1.165, 1.54) is 55.2 Å². The Bertz CT molecular complexity index is 2510. The number of rotatable bonds is 3. The third-order valence-electron chi connectivity index (χ3n) is 11.3. The van der Waals surface area contributed by atoms with E-state index in [4.69, 9.17) is 9.47 Å². The molecule has 0 fully saturated rings. The first-order valence-electron chi connectivity index (χ1n) is 18.0. The average molecular weight is 660 g/mol. The Morgan fingerprint density at radius 1 is 0.549 bits per heavy atom. The fourth-order valence-electron chi connectivity index (χ4n) is 8.71. The van der Waals surface area contributed by atoms with Gasteiger partial charge in [0.1, 0.15) is 23.0 Å². The molecule has 10 rings (SSSR count). The lowest BCUT2D eigenvalue weighted by atomic mass is 9.34. The molecule has 0 atom stereocenters. The predicted octanol–water partition coefficient (Wildman–Crippen LogP) is 10.6. The molecule has 7 aromatic carbocycles. The molecule has 0 amide bonds. The lowest BCUT2D eigenvalue weighted by Crippen LogP contribution is -2.57. The number of ether oxygens (including phenoxy) is 2. The summed E-state index contributed by atoms with van der Waals surface area (Å²) in [5, 5.41) is 2.47. The van der Waals surface area contributed by atoms with E-state index in [9.17, 15) is 0 Å². The van der Waals surface area contributed by atoms with Crippen molar-refractivity contribution < 1.29 is 9.47 Å². The van der Waals surface area contributed by atoms with Crippen LogP contribution in [0.5, 0.6) is 23.0 Å². The summed E-state index contributed by atoms with van der Waals surface area (Å²) in [6.45, 7) is 11.5. The van der Waals surface area contributed by atoms with Crippen LogP contribution in [0.2, 0.25) is 0 Å². The largest absolute Gasteiger partial charge is 0.458 e. The molecule has 0 aromatic heterocycles. The van der Waals surface area contributed by atoms with Gasteiger partial charge in [0, 0.05) is 27.6 Å². The molecule has 2 heterocycles. The number of fused-ring (bicyclic) bond motifs is 9. The van der Waals surface area contributed by atoms with Crippen LogP contribution in [0.1, 0.15) is 51.3 Å². The number of hydrogen-bond donors (Lipinski definition) is 0. The van der Waals surface area contributed by atoms with E-state index in [-0.39, 0.29) is 17.5 Å². The van der Waals surface area contributed by atoms with Crippen LogP contribution in [0.3, 0.4) is 0 Å². The summed E-state index contributed by atoms with van der Waals surface area (Å²) < 4.78 is 13.5. The molecule has 4 heteroatoms. The Hall–Kier alpha value is -5.74. The summed E-state index contributed by atoms with van der Waals surface area (Å²) in [5.41, 5.74) is 13.2. The molecule has 1 aliphatic carbocycles. The van der Waals surface area contributed by atoms with Crippen molar-refractivity contribution in [2.75, 3.05) is 4.90 Å². The number of anilines is 3. The minimum atomic E-state index is -0.262. The fourth-order valence-corrected chi connectivity index (χ4v) is 8.71. The quantitative estimate of drug-likeness (QED) is 0.176. The van der Waals surface area contributed by atoms with E-state index in [1.54, 1.807) is 0 Å². The fraction of sp³-hybridized carbons (Fsp3) is 0.149. The van der Waals surface area contributed by atoms with Crippen molar-refractivity contribution in [2.45, 2.75) is 45.4 Å². The molecular formula is C47H38BNO2. The minimum Gasteiger partial charge on any atom is -0.458 e. The smallest absolute Gasteiger partial charge is 0.260 e. The molecule has 7 aromatic rings. The zero-order valence-corrected chi connectivity index (χ0v) is 29.6. The summed E-state index contributed by atoms with van der Waals surface area (Å²) >= 11 is 0. The maximum Gasteiger partial charge on any atom is 0.260 e. The number of para-hydroxylation sites is 2. The number of benzene rings is 7. The summed E-state index contributed by atoms with van der Waals surface area (Å²) in [6, 6.07) is 50.5. The molecule has 0 bridgehead atoms. The first-order valence-corrected chi connectivity index (χ1v) is 18.0. The molecular weight excluding hydrogens is 621 g/mol. The van der Waals surface area contributed by atoms with E-state index < -0.39 is 0 Å². The second-order valence-corrected chi connectivity index (χ2v) is 15.7. The van der Waals surface area contributed by atoms with Crippen LogP contribution in [-0.2, 0) is 10.8 Å². The van der Waals surface area contributed by atoms with Gasteiger partial charge in [-0.05, 0) is 104 Å². The van der Waals surface area contributed by atoms with Crippen LogP contribution in [0.25, 0.3) is 21.9 Å². The predicted molar refractivity (Wildman–Crippen MR) is 213 cm³/mol. The highest BCUT2D eigenvalue weighted by Gasteiger charge is 2.44. The van der Waals surface area contributed by atoms with Gasteiger partial charge >= 0.3 is 0 Å². The molecule has 0 spiro atoms. The van der Waals surface area contributed by atoms with Crippen molar-refractivity contribution in [2.24, 2.45) is 0 Å². The summed E-state index contributed by atoms with van der Waals surface area (Å²) in [6.07, 6.45) is 0. The molecule has 3 nitrogen and oxygen atoms in total. The SMILES string of the molecule is CC(C)(C)c1ccc2c(c1)Oc1cccc3c1B2c1cc2c(cc1O3)-c1c(cc(N(c3ccccc3)c3ccccc3)c3ccccc13)C2(C)C. The molecule has 51 heavy (non-hydrogen) atoms. The third kappa shape index (κ3) is 4.39. The van der Waals surface area contributed by atoms with E-state index in [0.29, 0.717) is 0 Å². The highest BCUT2D eigenvalue weighted by atomic mass is 16.5. The lowest BCUT2D eigenvalue weighted by Gasteiger charge is -2.34. The normalized spacial score (nSPS) is 14.4. The highest BCUT2D eigenvalue weighted by Crippen LogP contribution is 2.55. The summed E-state index contributed by atoms with van der Waals surface area (Å²) in [7, 11) is 0. The van der Waals surface area contributed by atoms with Crippen molar-refractivity contribution in [3.8, 4) is 34.1 Å². The van der Waals surface area contributed by atoms with Gasteiger partial charge in [-0.15, -0.1) is 0 Å². The van der Waals surface area contributed by atoms with E-state index in [2.05, 4.69) is 173 Å². The molecule has 3 aliphatic rings. The van der Waals surface area contributed by atoms with E-state index in [0.717, 1.165) is 39.8 Å². The molecule has 2 aliphatic heterocycles. The second-order valence-electron chi connectivity index (χ2n) is 15.7. The molecule has 0 saturated carbocycles. The Kier molecular flexibility index (Phi) is 6.28. The minimum absolute atomic E-state index is 0.0153. The first-order chi connectivity index (χ1) is 24.7. The van der Waals surface area contributed by atoms with Crippen LogP contribution in [0.4, 0.5) is 17.1 Å². The van der Waals surface area contributed by atoms with Crippen LogP contribution < -0.4 is 30.8 Å². The molecule has 0 saturated heterocycles. The molecule has 0 N–H and O–H groups in total. The van der Waals surface area contributed by atoms with Gasteiger partial charge in [-0.1, -0.05) is 120 Å². The van der Waals surface area contributed by atoms with Crippen molar-refractivity contribution in [1.82, 2.24) is 0 Å². The van der Waals surface area contributed by atoms with Gasteiger partial charge in [-0.25, -0.2) is 0 Å². The van der Waals surface area contributed by atoms with E-state index >= 15 is 0 Å². The van der Waals surface area contributed by atoms with Crippen LogP contribution in [-0.4, -0.2) is 6.71 Å². The van der Waals surface area contributed by atoms with Gasteiger partial charge in [0.25, 0.3) is 6.71 Å². The van der Waals surface area contributed by atoms with Crippen LogP contribution >= 0.6 is 0 Å². The number of nitrogens with zero attached hydrogens (tertiary/aromatic N) is 1. The van der Waals surface area contributed by atoms with Gasteiger partial charge in [0.05, 0.1) is 5.69 Å². The highest BCUT2D eigenvalue weighted by molar-refractivity contribution is 6.98. The Morgan fingerprint density at radius 2 is 1.16 bits per heavy atom. The second kappa shape index (κ2) is 10.6. The zero-order valence-electron chi connectivity index (χ0n) is 29.6. The van der Waals surface area contributed by atoms with Crippen LogP contribution in [0, 0.1) is 0 Å². The number of hydrogen-bond acceptors (Lipinski definition) is 3. The van der Waals surface area contributed by atoms with Crippen LogP contribution in [0.15, 0.2) is 140 Å². The van der Waals surface area contributed by atoms with Gasteiger partial charge in [0.15, 0.2) is 0 Å². The first kappa shape index (κ1) is 30.1. The van der Waals surface area contributed by atoms with Crippen molar-refractivity contribution in [1.29, 1.82) is 0 Å². The van der Waals surface area contributed by atoms with E-state index in [1.807, 2.05) is 6.07 Å². The molecule has 0 radical (unpaired) electrons. The van der Waals surface area contributed by atoms with Gasteiger partial charge < -0.3 is 14.4 Å². The Labute approximate surface area is 300 Å². The van der Waals surface area contributed by atoms with Gasteiger partial charge in [-0.3, -0.25) is 0 Å². The monoisotopic (exact) mass is 659 g/mol. The maximum absolute atomic E-state index is 6.83.